The molecule has 0 aliphatic rings. The van der Waals surface area contributed by atoms with E-state index in [1.807, 2.05) is 26.6 Å². The van der Waals surface area contributed by atoms with Gasteiger partial charge in [-0.25, -0.2) is 0 Å². The average molecular weight is 248 g/mol. The van der Waals surface area contributed by atoms with E-state index in [2.05, 4.69) is 19.6 Å². The Bertz CT molecular complexity index is 216. The Labute approximate surface area is 95.4 Å². The zero-order valence-corrected chi connectivity index (χ0v) is 13.0. The van der Waals surface area contributed by atoms with Crippen LogP contribution >= 0.6 is 0 Å². The van der Waals surface area contributed by atoms with Crippen LogP contribution < -0.4 is 0 Å². The van der Waals surface area contributed by atoms with Crippen LogP contribution in [-0.2, 0) is 13.6 Å². The maximum Gasteiger partial charge on any atom is 0.295 e. The van der Waals surface area contributed by atoms with Gasteiger partial charge < -0.3 is 8.85 Å². The second-order valence-electron chi connectivity index (χ2n) is 5.83. The quantitative estimate of drug-likeness (QED) is 0.702. The molecule has 0 aromatic carbocycles. The highest BCUT2D eigenvalue weighted by Crippen LogP contribution is 2.12. The molecular formula is C10H24O3Si2. The highest BCUT2D eigenvalue weighted by atomic mass is 28.4. The fourth-order valence-electron chi connectivity index (χ4n) is 1.26. The van der Waals surface area contributed by atoms with Gasteiger partial charge in [0.15, 0.2) is 8.32 Å². The summed E-state index contributed by atoms with van der Waals surface area (Å²) in [5.74, 6) is -0.125. The van der Waals surface area contributed by atoms with Gasteiger partial charge in [0.2, 0.25) is 8.32 Å². The molecule has 0 heterocycles. The molecule has 0 saturated carbocycles. The van der Waals surface area contributed by atoms with E-state index in [9.17, 15) is 4.79 Å². The lowest BCUT2D eigenvalue weighted by Crippen LogP contribution is -2.34. The van der Waals surface area contributed by atoms with Crippen LogP contribution in [0, 0.1) is 0 Å². The Hall–Kier alpha value is -0.136. The van der Waals surface area contributed by atoms with Crippen LogP contribution in [0.2, 0.25) is 39.3 Å². The van der Waals surface area contributed by atoms with Crippen molar-refractivity contribution in [2.45, 2.75) is 58.7 Å². The van der Waals surface area contributed by atoms with E-state index in [1.165, 1.54) is 0 Å². The van der Waals surface area contributed by atoms with Crippen molar-refractivity contribution in [1.29, 1.82) is 0 Å². The lowest BCUT2D eigenvalue weighted by Gasteiger charge is -2.24. The van der Waals surface area contributed by atoms with E-state index in [-0.39, 0.29) is 12.1 Å². The van der Waals surface area contributed by atoms with E-state index in [0.717, 1.165) is 0 Å². The maximum atomic E-state index is 11.5. The number of rotatable bonds is 5. The molecule has 0 rings (SSSR count). The molecule has 1 unspecified atom stereocenters. The van der Waals surface area contributed by atoms with Crippen LogP contribution in [0.25, 0.3) is 0 Å². The molecule has 0 aromatic rings. The van der Waals surface area contributed by atoms with Crippen LogP contribution in [0.15, 0.2) is 0 Å². The van der Waals surface area contributed by atoms with E-state index in [1.54, 1.807) is 0 Å². The first-order chi connectivity index (χ1) is 6.49. The maximum absolute atomic E-state index is 11.5. The molecule has 0 fully saturated rings. The average Bonchev–Trinajstić information content (AvgIpc) is 1.73. The van der Waals surface area contributed by atoms with E-state index in [4.69, 9.17) is 8.85 Å². The van der Waals surface area contributed by atoms with Gasteiger partial charge in [0.25, 0.3) is 5.97 Å². The van der Waals surface area contributed by atoms with Gasteiger partial charge in [-0.3, -0.25) is 4.79 Å². The summed E-state index contributed by atoms with van der Waals surface area (Å²) in [6.45, 7) is 14.3. The Kier molecular flexibility index (Phi) is 5.22. The summed E-state index contributed by atoms with van der Waals surface area (Å²) >= 11 is 0. The van der Waals surface area contributed by atoms with Crippen LogP contribution in [-0.4, -0.2) is 28.7 Å². The number of hydrogen-bond acceptors (Lipinski definition) is 3. The van der Waals surface area contributed by atoms with Gasteiger partial charge in [0, 0.05) is 0 Å². The topological polar surface area (TPSA) is 35.5 Å². The Morgan fingerprint density at radius 2 is 1.53 bits per heavy atom. The van der Waals surface area contributed by atoms with Gasteiger partial charge in [-0.1, -0.05) is 0 Å². The van der Waals surface area contributed by atoms with Crippen molar-refractivity contribution in [3.8, 4) is 0 Å². The van der Waals surface area contributed by atoms with Crippen molar-refractivity contribution in [2.24, 2.45) is 0 Å². The zero-order valence-electron chi connectivity index (χ0n) is 11.0. The van der Waals surface area contributed by atoms with E-state index in [0.29, 0.717) is 6.42 Å². The summed E-state index contributed by atoms with van der Waals surface area (Å²) in [5.41, 5.74) is 0. The second kappa shape index (κ2) is 5.27. The van der Waals surface area contributed by atoms with Crippen LogP contribution in [0.1, 0.15) is 13.3 Å². The first-order valence-electron chi connectivity index (χ1n) is 5.39. The van der Waals surface area contributed by atoms with Gasteiger partial charge in [0.1, 0.15) is 0 Å². The Morgan fingerprint density at radius 3 is 1.87 bits per heavy atom. The first-order valence-corrected chi connectivity index (χ1v) is 12.2. The summed E-state index contributed by atoms with van der Waals surface area (Å²) in [6, 6.07) is 0. The molecule has 0 aliphatic carbocycles. The first kappa shape index (κ1) is 14.9. The molecule has 90 valence electrons. The predicted molar refractivity (Wildman–Crippen MR) is 67.9 cm³/mol. The van der Waals surface area contributed by atoms with Crippen molar-refractivity contribution in [3.05, 3.63) is 0 Å². The summed E-state index contributed by atoms with van der Waals surface area (Å²) in [5, 5.41) is 0. The standard InChI is InChI=1S/C10H24O3Si2/c1-9(12-14(2,3)4)8-10(11)13-15(5,6)7/h9H,8H2,1-7H3. The van der Waals surface area contributed by atoms with Gasteiger partial charge in [0.05, 0.1) is 12.5 Å². The third-order valence-corrected chi connectivity index (χ3v) is 3.38. The minimum absolute atomic E-state index is 0.0273. The fourth-order valence-corrected chi connectivity index (χ4v) is 3.32. The van der Waals surface area contributed by atoms with Crippen molar-refractivity contribution in [1.82, 2.24) is 0 Å². The van der Waals surface area contributed by atoms with E-state index >= 15 is 0 Å². The second-order valence-corrected chi connectivity index (χ2v) is 14.7. The molecule has 0 saturated heterocycles. The minimum atomic E-state index is -1.74. The SMILES string of the molecule is CC(CC(=O)O[Si](C)(C)C)O[Si](C)(C)C. The molecule has 3 nitrogen and oxygen atoms in total. The lowest BCUT2D eigenvalue weighted by molar-refractivity contribution is -0.136. The summed E-state index contributed by atoms with van der Waals surface area (Å²) in [7, 11) is -3.28. The molecule has 0 bridgehead atoms. The van der Waals surface area contributed by atoms with Gasteiger partial charge in [-0.15, -0.1) is 0 Å². The molecule has 0 amide bonds. The van der Waals surface area contributed by atoms with Gasteiger partial charge in [-0.05, 0) is 46.2 Å². The van der Waals surface area contributed by atoms with Gasteiger partial charge >= 0.3 is 0 Å². The molecular weight excluding hydrogens is 224 g/mol. The third kappa shape index (κ3) is 10.2. The lowest BCUT2D eigenvalue weighted by atomic mass is 10.3. The van der Waals surface area contributed by atoms with Crippen LogP contribution in [0.5, 0.6) is 0 Å². The number of hydrogen-bond donors (Lipinski definition) is 0. The van der Waals surface area contributed by atoms with Crippen molar-refractivity contribution in [3.63, 3.8) is 0 Å². The smallest absolute Gasteiger partial charge is 0.295 e. The molecule has 0 spiro atoms. The monoisotopic (exact) mass is 248 g/mol. The highest BCUT2D eigenvalue weighted by Gasteiger charge is 2.24. The van der Waals surface area contributed by atoms with Gasteiger partial charge in [-0.2, -0.15) is 0 Å². The molecule has 0 aromatic heterocycles. The minimum Gasteiger partial charge on any atom is -0.520 e. The fraction of sp³-hybridized carbons (Fsp3) is 0.900. The van der Waals surface area contributed by atoms with Crippen molar-refractivity contribution < 1.29 is 13.6 Å². The largest absolute Gasteiger partial charge is 0.520 e. The molecule has 1 atom stereocenters. The number of carbonyl (C=O) groups is 1. The Balaban J connectivity index is 3.98. The predicted octanol–water partition coefficient (Wildman–Crippen LogP) is 2.99. The summed E-state index contributed by atoms with van der Waals surface area (Å²) < 4.78 is 11.1. The molecule has 0 N–H and O–H groups in total. The summed E-state index contributed by atoms with van der Waals surface area (Å²) in [6.07, 6.45) is 0.342. The Morgan fingerprint density at radius 1 is 1.07 bits per heavy atom. The van der Waals surface area contributed by atoms with Crippen LogP contribution in [0.3, 0.4) is 0 Å². The number of carbonyl (C=O) groups excluding carboxylic acids is 1. The van der Waals surface area contributed by atoms with E-state index < -0.39 is 16.6 Å². The summed E-state index contributed by atoms with van der Waals surface area (Å²) in [4.78, 5) is 11.5. The normalized spacial score (nSPS) is 14.9. The van der Waals surface area contributed by atoms with Crippen molar-refractivity contribution in [2.75, 3.05) is 0 Å². The van der Waals surface area contributed by atoms with Crippen LogP contribution in [0.4, 0.5) is 0 Å². The molecule has 15 heavy (non-hydrogen) atoms. The molecule has 0 aliphatic heterocycles. The zero-order chi connectivity index (χ0) is 12.3. The highest BCUT2D eigenvalue weighted by molar-refractivity contribution is 6.71. The van der Waals surface area contributed by atoms with Crippen molar-refractivity contribution >= 4 is 22.6 Å². The molecule has 5 heteroatoms. The molecule has 0 radical (unpaired) electrons. The third-order valence-electron chi connectivity index (χ3n) is 1.43.